The minimum absolute atomic E-state index is 0. The molecule has 0 saturated heterocycles. The highest BCUT2D eigenvalue weighted by Crippen LogP contribution is 2.18. The second kappa shape index (κ2) is 37.5. The molecule has 13 aliphatic rings. The van der Waals surface area contributed by atoms with E-state index in [-0.39, 0.29) is 11.3 Å². The summed E-state index contributed by atoms with van der Waals surface area (Å²) < 4.78 is 0. The van der Waals surface area contributed by atoms with Crippen LogP contribution in [-0.4, -0.2) is 0 Å². The molecule has 13 saturated carbocycles. The van der Waals surface area contributed by atoms with E-state index in [4.69, 9.17) is 0 Å². The fourth-order valence-corrected chi connectivity index (χ4v) is 0. The molecule has 13 fully saturated rings. The van der Waals surface area contributed by atoms with Gasteiger partial charge in [0, 0.05) is 0 Å². The van der Waals surface area contributed by atoms with E-state index in [0.29, 0.717) is 0 Å². The largest absolute Gasteiger partial charge is 1.00 e. The first-order valence-corrected chi connectivity index (χ1v) is 19.5. The van der Waals surface area contributed by atoms with E-state index in [9.17, 15) is 0 Å². The summed E-state index contributed by atoms with van der Waals surface area (Å²) in [5, 5.41) is 0. The summed E-state index contributed by atoms with van der Waals surface area (Å²) >= 11 is 0. The van der Waals surface area contributed by atoms with Crippen LogP contribution in [0.5, 0.6) is 0 Å². The fraction of sp³-hybridized carbons (Fsp3) is 1.00. The van der Waals surface area contributed by atoms with Gasteiger partial charge in [0.25, 0.3) is 0 Å². The van der Waals surface area contributed by atoms with Crippen molar-refractivity contribution in [2.75, 3.05) is 0 Å². The average Bonchev–Trinajstić information content (AvgIpc) is 3.87. The lowest BCUT2D eigenvalue weighted by atomic mass is 11.0. The van der Waals surface area contributed by atoms with Gasteiger partial charge >= 0.3 is 0 Å². The highest BCUT2D eigenvalue weighted by Gasteiger charge is 1.98. The van der Waals surface area contributed by atoms with Gasteiger partial charge in [0.15, 0.2) is 0 Å². The van der Waals surface area contributed by atoms with Gasteiger partial charge in [0.1, 0.15) is 0 Å². The molecular weight excluding hydrogens is 499 g/mol. The monoisotopic (exact) mass is 584 g/mol. The van der Waals surface area contributed by atoms with Crippen LogP contribution in [0, 0.1) is 0 Å². The van der Waals surface area contributed by atoms with E-state index in [1.807, 2.05) is 0 Å². The van der Waals surface area contributed by atoms with Gasteiger partial charge in [-0.25, -0.2) is 0 Å². The molecule has 0 N–H and O–H groups in total. The molecule has 13 rings (SSSR count). The Hall–Kier alpha value is 0.430. The minimum Gasteiger partial charge on any atom is -1.00 e. The van der Waals surface area contributed by atoms with Crippen LogP contribution in [0.15, 0.2) is 0 Å². The zero-order chi connectivity index (χ0) is 27.6. The van der Waals surface area contributed by atoms with Crippen LogP contribution < -0.4 is 0 Å². The van der Waals surface area contributed by atoms with Crippen molar-refractivity contribution in [3.8, 4) is 0 Å². The molecule has 0 amide bonds. The molecule has 0 aliphatic heterocycles. The van der Waals surface area contributed by atoms with Crippen molar-refractivity contribution in [1.29, 1.82) is 0 Å². The molecule has 0 heterocycles. The molecule has 0 aromatic heterocycles. The van der Waals surface area contributed by atoms with Gasteiger partial charge in [-0.1, -0.05) is 250 Å². The maximum absolute atomic E-state index is 1.50. The predicted octanol–water partition coefficient (Wildman–Crippen LogP) is 15.4. The zero-order valence-corrected chi connectivity index (χ0v) is 29.7. The zero-order valence-electron chi connectivity index (χ0n) is 29.3. The highest BCUT2D eigenvalue weighted by atomic mass is 31.0. The Morgan fingerprint density at radius 2 is 0.125 bits per heavy atom. The Morgan fingerprint density at radius 1 is 0.100 bits per heavy atom. The van der Waals surface area contributed by atoms with E-state index >= 15 is 0 Å². The second-order valence-electron chi connectivity index (χ2n) is 13.8. The Morgan fingerprint density at radius 3 is 0.125 bits per heavy atom. The third-order valence-corrected chi connectivity index (χ3v) is 4.60. The number of hydrogen-bond acceptors (Lipinski definition) is 0. The third-order valence-electron chi connectivity index (χ3n) is 4.60. The summed E-state index contributed by atoms with van der Waals surface area (Å²) in [6.07, 6.45) is 58.5. The Labute approximate surface area is 261 Å². The molecule has 40 heavy (non-hydrogen) atoms. The number of hydrogen-bond donors (Lipinski definition) is 0. The van der Waals surface area contributed by atoms with Crippen molar-refractivity contribution in [1.82, 2.24) is 0 Å². The lowest BCUT2D eigenvalue weighted by Crippen LogP contribution is -0.856. The molecule has 13 aliphatic carbocycles. The van der Waals surface area contributed by atoms with Gasteiger partial charge in [-0.3, -0.25) is 0 Å². The topological polar surface area (TPSA) is 0 Å². The van der Waals surface area contributed by atoms with Crippen molar-refractivity contribution >= 4 is 9.90 Å². The first-order valence-electron chi connectivity index (χ1n) is 19.5. The van der Waals surface area contributed by atoms with Crippen molar-refractivity contribution in [2.45, 2.75) is 250 Å². The second-order valence-corrected chi connectivity index (χ2v) is 13.8. The Kier molecular flexibility index (Phi) is 37.9. The summed E-state index contributed by atoms with van der Waals surface area (Å²) in [7, 11) is 0. The predicted molar refractivity (Wildman–Crippen MR) is 192 cm³/mol. The molecular formula is C39H82P-. The average molecular weight is 584 g/mol. The van der Waals surface area contributed by atoms with Crippen LogP contribution in [0.4, 0.5) is 0 Å². The summed E-state index contributed by atoms with van der Waals surface area (Å²) in [5.74, 6) is 0. The maximum atomic E-state index is 1.50. The number of rotatable bonds is 0. The van der Waals surface area contributed by atoms with Crippen molar-refractivity contribution in [2.24, 2.45) is 0 Å². The van der Waals surface area contributed by atoms with Crippen LogP contribution in [0.3, 0.4) is 0 Å². The molecule has 0 radical (unpaired) electrons. The smallest absolute Gasteiger partial charge is 0.0533 e. The van der Waals surface area contributed by atoms with E-state index in [1.165, 1.54) is 250 Å². The van der Waals surface area contributed by atoms with Crippen LogP contribution in [0.25, 0.3) is 0 Å². The SMILES string of the molecule is C1CC1.C1CC1.C1CC1.C1CC1.C1CC1.C1CC1.C1CC1.C1CC1.C1CC1.C1CC1.C1CC1.C1CC1.C1CC1.P.[3H-]. The fourth-order valence-electron chi connectivity index (χ4n) is 0. The van der Waals surface area contributed by atoms with Gasteiger partial charge in [-0.05, 0) is 0 Å². The quantitative estimate of drug-likeness (QED) is 0.249. The summed E-state index contributed by atoms with van der Waals surface area (Å²) in [5.41, 5.74) is 0. The summed E-state index contributed by atoms with van der Waals surface area (Å²) in [6, 6.07) is 0. The van der Waals surface area contributed by atoms with Gasteiger partial charge < -0.3 is 1.43 Å². The van der Waals surface area contributed by atoms with Gasteiger partial charge in [-0.2, -0.15) is 9.90 Å². The third kappa shape index (κ3) is 299. The normalized spacial score (nSPS) is 23.4. The van der Waals surface area contributed by atoms with E-state index < -0.39 is 0 Å². The molecule has 1 unspecified atom stereocenters. The van der Waals surface area contributed by atoms with E-state index in [0.717, 1.165) is 0 Å². The molecule has 1 atom stereocenters. The molecule has 0 spiro atoms. The molecule has 0 aromatic rings. The lowest BCUT2D eigenvalue weighted by molar-refractivity contribution is 1.50. The van der Waals surface area contributed by atoms with E-state index in [2.05, 4.69) is 0 Å². The van der Waals surface area contributed by atoms with Gasteiger partial charge in [-0.15, -0.1) is 0 Å². The Bertz CT molecular complexity index is 220. The molecule has 0 aromatic carbocycles. The molecule has 244 valence electrons. The first kappa shape index (κ1) is 40.4. The minimum atomic E-state index is 0. The standard InChI is InChI=1S/13C3H6.H3P.H/c13*1-2-3-1;;/h13*1-3H2;1H3;/q;;;;;;;;;;;;;;-1/i;;;;;;;;;;;;;;1+2. The maximum Gasteiger partial charge on any atom is -0.0533 e. The van der Waals surface area contributed by atoms with Crippen LogP contribution >= 0.6 is 9.90 Å². The molecule has 0 bridgehead atoms. The van der Waals surface area contributed by atoms with Crippen molar-refractivity contribution in [3.63, 3.8) is 0 Å². The Balaban J connectivity index is 0. The van der Waals surface area contributed by atoms with Crippen LogP contribution in [0.2, 0.25) is 0 Å². The summed E-state index contributed by atoms with van der Waals surface area (Å²) in [4.78, 5) is 0. The lowest BCUT2D eigenvalue weighted by Gasteiger charge is -1.05. The first-order chi connectivity index (χ1) is 19.5. The highest BCUT2D eigenvalue weighted by molar-refractivity contribution is 6.92. The molecule has 1 heteroatoms. The van der Waals surface area contributed by atoms with Gasteiger partial charge in [0.2, 0.25) is 0 Å². The summed E-state index contributed by atoms with van der Waals surface area (Å²) in [6.45, 7) is 0. The van der Waals surface area contributed by atoms with E-state index in [1.54, 1.807) is 0 Å². The van der Waals surface area contributed by atoms with Crippen molar-refractivity contribution in [3.05, 3.63) is 0 Å². The van der Waals surface area contributed by atoms with Crippen LogP contribution in [0.1, 0.15) is 252 Å². The van der Waals surface area contributed by atoms with Gasteiger partial charge in [0.05, 0.1) is 0 Å². The van der Waals surface area contributed by atoms with Crippen LogP contribution in [-0.2, 0) is 0 Å². The van der Waals surface area contributed by atoms with Crippen molar-refractivity contribution < 1.29 is 1.43 Å². The molecule has 0 nitrogen and oxygen atoms in total.